The fourth-order valence-electron chi connectivity index (χ4n) is 3.26. The second-order valence-electron chi connectivity index (χ2n) is 7.76. The van der Waals surface area contributed by atoms with Crippen LogP contribution >= 0.6 is 0 Å². The molecule has 0 radical (unpaired) electrons. The maximum atomic E-state index is 12.2. The molecule has 35 heavy (non-hydrogen) atoms. The van der Waals surface area contributed by atoms with Gasteiger partial charge in [-0.2, -0.15) is 0 Å². The van der Waals surface area contributed by atoms with Gasteiger partial charge in [-0.3, -0.25) is 4.79 Å². The van der Waals surface area contributed by atoms with Gasteiger partial charge in [0.1, 0.15) is 23.9 Å². The van der Waals surface area contributed by atoms with E-state index in [2.05, 4.69) is 5.32 Å². The van der Waals surface area contributed by atoms with E-state index in [1.807, 2.05) is 73.7 Å². The highest BCUT2D eigenvalue weighted by Gasteiger charge is 2.09. The molecule has 2 N–H and O–H groups in total. The molecule has 182 valence electrons. The van der Waals surface area contributed by atoms with Crippen molar-refractivity contribution in [2.24, 2.45) is 0 Å². The molecule has 0 aliphatic rings. The van der Waals surface area contributed by atoms with Gasteiger partial charge in [0.05, 0.1) is 0 Å². The minimum Gasteiger partial charge on any atom is -0.489 e. The van der Waals surface area contributed by atoms with Gasteiger partial charge in [-0.15, -0.1) is 0 Å². The van der Waals surface area contributed by atoms with Crippen molar-refractivity contribution < 1.29 is 28.9 Å². The Labute approximate surface area is 205 Å². The van der Waals surface area contributed by atoms with Crippen molar-refractivity contribution in [1.82, 2.24) is 5.32 Å². The maximum absolute atomic E-state index is 12.2. The summed E-state index contributed by atoms with van der Waals surface area (Å²) < 4.78 is 16.7. The molecular formula is C28H29NO6. The van der Waals surface area contributed by atoms with Crippen LogP contribution in [0.3, 0.4) is 0 Å². The third kappa shape index (κ3) is 9.25. The Morgan fingerprint density at radius 3 is 2.17 bits per heavy atom. The Balaban J connectivity index is 1.54. The number of hydrogen-bond donors (Lipinski definition) is 2. The largest absolute Gasteiger partial charge is 0.489 e. The second kappa shape index (κ2) is 13.4. The Morgan fingerprint density at radius 1 is 0.857 bits per heavy atom. The fourth-order valence-corrected chi connectivity index (χ4v) is 3.26. The molecule has 1 amide bonds. The van der Waals surface area contributed by atoms with Crippen molar-refractivity contribution in [3.63, 3.8) is 0 Å². The summed E-state index contributed by atoms with van der Waals surface area (Å²) in [7, 11) is 0. The van der Waals surface area contributed by atoms with Crippen LogP contribution in [0.4, 0.5) is 0 Å². The Bertz CT molecular complexity index is 1140. The number of benzene rings is 3. The maximum Gasteiger partial charge on any atom is 0.341 e. The molecule has 0 aliphatic carbocycles. The van der Waals surface area contributed by atoms with Crippen molar-refractivity contribution >= 4 is 18.0 Å². The number of nitrogens with one attached hydrogen (secondary N) is 1. The van der Waals surface area contributed by atoms with Gasteiger partial charge in [0.2, 0.25) is 0 Å². The summed E-state index contributed by atoms with van der Waals surface area (Å²) in [4.78, 5) is 23.1. The third-order valence-corrected chi connectivity index (χ3v) is 5.02. The number of aryl methyl sites for hydroxylation is 1. The summed E-state index contributed by atoms with van der Waals surface area (Å²) in [6, 6.07) is 22.6. The molecule has 0 fully saturated rings. The molecule has 7 nitrogen and oxygen atoms in total. The van der Waals surface area contributed by atoms with Crippen molar-refractivity contribution in [2.45, 2.75) is 13.3 Å². The van der Waals surface area contributed by atoms with Crippen LogP contribution < -0.4 is 19.5 Å². The Hall–Kier alpha value is -4.26. The number of carboxylic acid groups (broad SMARTS) is 1. The highest BCUT2D eigenvalue weighted by molar-refractivity contribution is 5.77. The lowest BCUT2D eigenvalue weighted by molar-refractivity contribution is -0.139. The van der Waals surface area contributed by atoms with E-state index in [1.165, 1.54) is 17.2 Å². The Kier molecular flexibility index (Phi) is 9.75. The van der Waals surface area contributed by atoms with E-state index >= 15 is 0 Å². The number of rotatable bonds is 13. The van der Waals surface area contributed by atoms with Crippen LogP contribution in [0.2, 0.25) is 0 Å². The average molecular weight is 476 g/mol. The zero-order chi connectivity index (χ0) is 24.9. The normalized spacial score (nSPS) is 10.7. The molecule has 0 aromatic heterocycles. The van der Waals surface area contributed by atoms with Gasteiger partial charge in [0.25, 0.3) is 5.91 Å². The van der Waals surface area contributed by atoms with Gasteiger partial charge in [-0.25, -0.2) is 4.79 Å². The van der Waals surface area contributed by atoms with Crippen LogP contribution in [0.5, 0.6) is 17.2 Å². The lowest BCUT2D eigenvalue weighted by Gasteiger charge is -2.12. The first-order valence-electron chi connectivity index (χ1n) is 11.3. The standard InChI is InChI=1S/C28H29NO6/c1-21-8-5-6-12-23(21)13-14-29-27(30)19-34-25-16-24(17-26(18-25)35-20-28(31)32)33-15-7-11-22-9-3-2-4-10-22/h2-12,16-18H,13-15,19-20H2,1H3,(H,29,30)(H,31,32)/b11-7+. The second-order valence-corrected chi connectivity index (χ2v) is 7.76. The molecule has 7 heteroatoms. The summed E-state index contributed by atoms with van der Waals surface area (Å²) in [6.07, 6.45) is 4.53. The molecule has 0 aliphatic heterocycles. The van der Waals surface area contributed by atoms with E-state index in [-0.39, 0.29) is 24.9 Å². The molecule has 0 unspecified atom stereocenters. The molecule has 0 bridgehead atoms. The molecule has 0 saturated heterocycles. The number of carbonyl (C=O) groups is 2. The molecular weight excluding hydrogens is 446 g/mol. The molecule has 0 spiro atoms. The van der Waals surface area contributed by atoms with Gasteiger partial charge < -0.3 is 24.6 Å². The van der Waals surface area contributed by atoms with E-state index in [0.717, 1.165) is 12.0 Å². The molecule has 0 saturated carbocycles. The summed E-state index contributed by atoms with van der Waals surface area (Å²) in [5, 5.41) is 11.7. The minimum absolute atomic E-state index is 0.191. The fraction of sp³-hybridized carbons (Fsp3) is 0.214. The van der Waals surface area contributed by atoms with Crippen LogP contribution in [0, 0.1) is 6.92 Å². The monoisotopic (exact) mass is 475 g/mol. The van der Waals surface area contributed by atoms with Gasteiger partial charge in [0, 0.05) is 24.7 Å². The lowest BCUT2D eigenvalue weighted by Crippen LogP contribution is -2.30. The van der Waals surface area contributed by atoms with Crippen LogP contribution in [-0.4, -0.2) is 43.3 Å². The van der Waals surface area contributed by atoms with Gasteiger partial charge in [-0.05, 0) is 36.1 Å². The number of amides is 1. The summed E-state index contributed by atoms with van der Waals surface area (Å²) in [5.74, 6) is -0.322. The number of carboxylic acids is 1. The van der Waals surface area contributed by atoms with Crippen molar-refractivity contribution in [3.8, 4) is 17.2 Å². The first-order chi connectivity index (χ1) is 17.0. The van der Waals surface area contributed by atoms with Crippen LogP contribution in [0.25, 0.3) is 6.08 Å². The first kappa shape index (κ1) is 25.4. The third-order valence-electron chi connectivity index (χ3n) is 5.02. The highest BCUT2D eigenvalue weighted by atomic mass is 16.5. The summed E-state index contributed by atoms with van der Waals surface area (Å²) in [6.45, 7) is 2.13. The van der Waals surface area contributed by atoms with Crippen molar-refractivity contribution in [2.75, 3.05) is 26.4 Å². The van der Waals surface area contributed by atoms with E-state index in [1.54, 1.807) is 12.1 Å². The smallest absolute Gasteiger partial charge is 0.341 e. The first-order valence-corrected chi connectivity index (χ1v) is 11.3. The number of carbonyl (C=O) groups excluding carboxylic acids is 1. The number of hydrogen-bond acceptors (Lipinski definition) is 5. The predicted octanol–water partition coefficient (Wildman–Crippen LogP) is 4.29. The zero-order valence-corrected chi connectivity index (χ0v) is 19.6. The zero-order valence-electron chi connectivity index (χ0n) is 19.6. The lowest BCUT2D eigenvalue weighted by atomic mass is 10.1. The van der Waals surface area contributed by atoms with E-state index in [0.29, 0.717) is 18.0 Å². The summed E-state index contributed by atoms with van der Waals surface area (Å²) >= 11 is 0. The molecule has 3 aromatic rings. The Morgan fingerprint density at radius 2 is 1.49 bits per heavy atom. The highest BCUT2D eigenvalue weighted by Crippen LogP contribution is 2.28. The molecule has 3 aromatic carbocycles. The van der Waals surface area contributed by atoms with Gasteiger partial charge in [0.15, 0.2) is 13.2 Å². The number of ether oxygens (including phenoxy) is 3. The topological polar surface area (TPSA) is 94.1 Å². The SMILES string of the molecule is Cc1ccccc1CCNC(=O)COc1cc(OC/C=C/c2ccccc2)cc(OCC(=O)O)c1. The van der Waals surface area contributed by atoms with Gasteiger partial charge in [-0.1, -0.05) is 60.7 Å². The van der Waals surface area contributed by atoms with Crippen LogP contribution in [0.15, 0.2) is 78.9 Å². The quantitative estimate of drug-likeness (QED) is 0.383. The minimum atomic E-state index is -1.10. The number of aliphatic carboxylic acids is 1. The average Bonchev–Trinajstić information content (AvgIpc) is 2.86. The molecule has 0 atom stereocenters. The predicted molar refractivity (Wildman–Crippen MR) is 134 cm³/mol. The van der Waals surface area contributed by atoms with Crippen molar-refractivity contribution in [3.05, 3.63) is 95.6 Å². The molecule has 3 rings (SSSR count). The van der Waals surface area contributed by atoms with Gasteiger partial charge >= 0.3 is 5.97 Å². The van der Waals surface area contributed by atoms with E-state index < -0.39 is 12.6 Å². The molecule has 0 heterocycles. The van der Waals surface area contributed by atoms with Crippen LogP contribution in [0.1, 0.15) is 16.7 Å². The van der Waals surface area contributed by atoms with Crippen LogP contribution in [-0.2, 0) is 16.0 Å². The summed E-state index contributed by atoms with van der Waals surface area (Å²) in [5.41, 5.74) is 3.41. The van der Waals surface area contributed by atoms with Crippen molar-refractivity contribution in [1.29, 1.82) is 0 Å². The van der Waals surface area contributed by atoms with E-state index in [4.69, 9.17) is 19.3 Å². The van der Waals surface area contributed by atoms with E-state index in [9.17, 15) is 9.59 Å².